The molecule has 0 spiro atoms. The number of benzene rings is 2. The van der Waals surface area contributed by atoms with Gasteiger partial charge in [-0.05, 0) is 24.3 Å². The lowest BCUT2D eigenvalue weighted by Gasteiger charge is -2.07. The minimum atomic E-state index is -0.200. The molecule has 100 valence electrons. The second-order valence-electron chi connectivity index (χ2n) is 4.26. The molecule has 0 aliphatic heterocycles. The summed E-state index contributed by atoms with van der Waals surface area (Å²) in [6, 6.07) is 14.6. The molecule has 1 heterocycles. The molecule has 0 bridgehead atoms. The number of carbonyl (C=O) groups is 1. The van der Waals surface area contributed by atoms with Gasteiger partial charge in [-0.3, -0.25) is 4.79 Å². The molecule has 6 heteroatoms. The molecule has 5 nitrogen and oxygen atoms in total. The van der Waals surface area contributed by atoms with Crippen LogP contribution in [-0.4, -0.2) is 20.9 Å². The van der Waals surface area contributed by atoms with E-state index in [9.17, 15) is 4.79 Å². The van der Waals surface area contributed by atoms with Gasteiger partial charge in [0.2, 0.25) is 5.91 Å². The highest BCUT2D eigenvalue weighted by Crippen LogP contribution is 2.20. The molecule has 0 radical (unpaired) electrons. The summed E-state index contributed by atoms with van der Waals surface area (Å²) in [6.07, 6.45) is 0. The molecule has 0 saturated carbocycles. The summed E-state index contributed by atoms with van der Waals surface area (Å²) in [5.74, 6) is -0.200. The molecule has 3 aromatic rings. The second kappa shape index (κ2) is 5.30. The molecule has 2 aromatic carbocycles. The Balaban J connectivity index is 1.78. The number of hydrogen-bond donors (Lipinski definition) is 1. The maximum absolute atomic E-state index is 12.0. The second-order valence-corrected chi connectivity index (χ2v) is 4.67. The molecule has 0 atom stereocenters. The zero-order valence-electron chi connectivity index (χ0n) is 10.5. The summed E-state index contributed by atoms with van der Waals surface area (Å²) in [4.78, 5) is 12.0. The van der Waals surface area contributed by atoms with Crippen molar-refractivity contribution in [2.75, 3.05) is 5.32 Å². The number of carbonyl (C=O) groups excluding carboxylic acids is 1. The Hall–Kier alpha value is -2.40. The minimum absolute atomic E-state index is 0.0890. The third kappa shape index (κ3) is 2.48. The van der Waals surface area contributed by atoms with E-state index >= 15 is 0 Å². The Morgan fingerprint density at radius 3 is 2.75 bits per heavy atom. The normalized spacial score (nSPS) is 10.7. The van der Waals surface area contributed by atoms with E-state index in [0.29, 0.717) is 10.7 Å². The topological polar surface area (TPSA) is 59.8 Å². The molecule has 0 fully saturated rings. The van der Waals surface area contributed by atoms with Crippen LogP contribution in [0.3, 0.4) is 0 Å². The van der Waals surface area contributed by atoms with Crippen LogP contribution >= 0.6 is 11.6 Å². The molecule has 0 aliphatic carbocycles. The summed E-state index contributed by atoms with van der Waals surface area (Å²) in [6.45, 7) is 0.0890. The van der Waals surface area contributed by atoms with E-state index in [4.69, 9.17) is 11.6 Å². The van der Waals surface area contributed by atoms with Crippen LogP contribution in [0.15, 0.2) is 48.5 Å². The average molecular weight is 287 g/mol. The summed E-state index contributed by atoms with van der Waals surface area (Å²) >= 11 is 6.00. The fourth-order valence-corrected chi connectivity index (χ4v) is 2.11. The van der Waals surface area contributed by atoms with Gasteiger partial charge in [-0.2, -0.15) is 0 Å². The highest BCUT2D eigenvalue weighted by molar-refractivity contribution is 6.33. The SMILES string of the molecule is O=C(Cn1nnc2ccccc21)Nc1ccccc1Cl. The number of rotatable bonds is 3. The fraction of sp³-hybridized carbons (Fsp3) is 0.0714. The van der Waals surface area contributed by atoms with Crippen molar-refractivity contribution in [3.8, 4) is 0 Å². The first-order valence-corrected chi connectivity index (χ1v) is 6.44. The smallest absolute Gasteiger partial charge is 0.246 e. The lowest BCUT2D eigenvalue weighted by molar-refractivity contribution is -0.116. The van der Waals surface area contributed by atoms with Crippen LogP contribution in [0.5, 0.6) is 0 Å². The van der Waals surface area contributed by atoms with Gasteiger partial charge < -0.3 is 5.32 Å². The number of nitrogens with one attached hydrogen (secondary N) is 1. The van der Waals surface area contributed by atoms with Gasteiger partial charge in [0, 0.05) is 0 Å². The monoisotopic (exact) mass is 286 g/mol. The number of halogens is 1. The maximum atomic E-state index is 12.0. The average Bonchev–Trinajstić information content (AvgIpc) is 2.85. The first-order chi connectivity index (χ1) is 9.74. The van der Waals surface area contributed by atoms with Gasteiger partial charge in [0.15, 0.2) is 0 Å². The van der Waals surface area contributed by atoms with Crippen molar-refractivity contribution in [3.05, 3.63) is 53.6 Å². The van der Waals surface area contributed by atoms with Crippen LogP contribution in [0.1, 0.15) is 0 Å². The Morgan fingerprint density at radius 1 is 1.15 bits per heavy atom. The highest BCUT2D eigenvalue weighted by atomic mass is 35.5. The van der Waals surface area contributed by atoms with Gasteiger partial charge in [0.1, 0.15) is 12.1 Å². The molecule has 0 unspecified atom stereocenters. The van der Waals surface area contributed by atoms with Crippen LogP contribution in [0.2, 0.25) is 5.02 Å². The van der Waals surface area contributed by atoms with Crippen molar-refractivity contribution in [1.29, 1.82) is 0 Å². The molecule has 3 rings (SSSR count). The summed E-state index contributed by atoms with van der Waals surface area (Å²) in [5.41, 5.74) is 2.17. The molecule has 20 heavy (non-hydrogen) atoms. The zero-order valence-corrected chi connectivity index (χ0v) is 11.2. The van der Waals surface area contributed by atoms with Crippen molar-refractivity contribution in [1.82, 2.24) is 15.0 Å². The van der Waals surface area contributed by atoms with Crippen molar-refractivity contribution in [2.24, 2.45) is 0 Å². The van der Waals surface area contributed by atoms with E-state index in [2.05, 4.69) is 15.6 Å². The number of para-hydroxylation sites is 2. The highest BCUT2D eigenvalue weighted by Gasteiger charge is 2.09. The van der Waals surface area contributed by atoms with E-state index < -0.39 is 0 Å². The van der Waals surface area contributed by atoms with E-state index in [1.54, 1.807) is 16.8 Å². The number of fused-ring (bicyclic) bond motifs is 1. The van der Waals surface area contributed by atoms with Gasteiger partial charge in [0.05, 0.1) is 16.2 Å². The molecule has 1 aromatic heterocycles. The standard InChI is InChI=1S/C14H11ClN4O/c15-10-5-1-2-6-11(10)16-14(20)9-19-13-8-4-3-7-12(13)17-18-19/h1-8H,9H2,(H,16,20). The summed E-state index contributed by atoms with van der Waals surface area (Å²) in [5, 5.41) is 11.2. The number of aromatic nitrogens is 3. The predicted molar refractivity (Wildman–Crippen MR) is 77.6 cm³/mol. The van der Waals surface area contributed by atoms with Gasteiger partial charge >= 0.3 is 0 Å². The van der Waals surface area contributed by atoms with Crippen molar-refractivity contribution < 1.29 is 4.79 Å². The molecule has 1 N–H and O–H groups in total. The van der Waals surface area contributed by atoms with Crippen LogP contribution in [0.25, 0.3) is 11.0 Å². The van der Waals surface area contributed by atoms with Crippen molar-refractivity contribution in [2.45, 2.75) is 6.54 Å². The fourth-order valence-electron chi connectivity index (χ4n) is 1.92. The third-order valence-corrected chi connectivity index (χ3v) is 3.19. The number of anilines is 1. The zero-order chi connectivity index (χ0) is 13.9. The van der Waals surface area contributed by atoms with Crippen LogP contribution < -0.4 is 5.32 Å². The Labute approximate surface area is 120 Å². The Morgan fingerprint density at radius 2 is 1.90 bits per heavy atom. The minimum Gasteiger partial charge on any atom is -0.323 e. The number of hydrogen-bond acceptors (Lipinski definition) is 3. The van der Waals surface area contributed by atoms with Crippen molar-refractivity contribution >= 4 is 34.2 Å². The molecule has 0 aliphatic rings. The molecule has 0 saturated heterocycles. The number of amides is 1. The molecular formula is C14H11ClN4O. The van der Waals surface area contributed by atoms with E-state index in [0.717, 1.165) is 11.0 Å². The van der Waals surface area contributed by atoms with E-state index in [-0.39, 0.29) is 12.5 Å². The first kappa shape index (κ1) is 12.6. The quantitative estimate of drug-likeness (QED) is 0.805. The molecular weight excluding hydrogens is 276 g/mol. The van der Waals surface area contributed by atoms with Gasteiger partial charge in [-0.15, -0.1) is 5.10 Å². The predicted octanol–water partition coefficient (Wildman–Crippen LogP) is 2.72. The largest absolute Gasteiger partial charge is 0.323 e. The van der Waals surface area contributed by atoms with Crippen molar-refractivity contribution in [3.63, 3.8) is 0 Å². The maximum Gasteiger partial charge on any atom is 0.246 e. The lowest BCUT2D eigenvalue weighted by Crippen LogP contribution is -2.19. The number of nitrogens with zero attached hydrogens (tertiary/aromatic N) is 3. The van der Waals surface area contributed by atoms with Crippen LogP contribution in [0.4, 0.5) is 5.69 Å². The Bertz CT molecular complexity index is 768. The first-order valence-electron chi connectivity index (χ1n) is 6.06. The van der Waals surface area contributed by atoms with Gasteiger partial charge in [0.25, 0.3) is 0 Å². The summed E-state index contributed by atoms with van der Waals surface area (Å²) < 4.78 is 1.56. The van der Waals surface area contributed by atoms with E-state index in [1.807, 2.05) is 36.4 Å². The van der Waals surface area contributed by atoms with Crippen LogP contribution in [0, 0.1) is 0 Å². The van der Waals surface area contributed by atoms with E-state index in [1.165, 1.54) is 0 Å². The Kier molecular flexibility index (Phi) is 3.35. The molecule has 1 amide bonds. The van der Waals surface area contributed by atoms with Gasteiger partial charge in [-0.25, -0.2) is 4.68 Å². The lowest BCUT2D eigenvalue weighted by atomic mass is 10.3. The van der Waals surface area contributed by atoms with Gasteiger partial charge in [-0.1, -0.05) is 41.1 Å². The van der Waals surface area contributed by atoms with Crippen LogP contribution in [-0.2, 0) is 11.3 Å². The summed E-state index contributed by atoms with van der Waals surface area (Å²) in [7, 11) is 0. The third-order valence-electron chi connectivity index (χ3n) is 2.86.